The summed E-state index contributed by atoms with van der Waals surface area (Å²) in [6.45, 7) is 6.51. The number of carbonyl (C=O) groups is 1. The Labute approximate surface area is 167 Å². The number of nitrogens with zero attached hydrogens (tertiary/aromatic N) is 2. The Hall–Kier alpha value is -2.73. The third-order valence-corrected chi connectivity index (χ3v) is 4.52. The second-order valence-corrected chi connectivity index (χ2v) is 7.96. The number of carbonyl (C=O) groups excluding carboxylic acids is 1. The highest BCUT2D eigenvalue weighted by Crippen LogP contribution is 2.25. The molecule has 0 aliphatic carbocycles. The monoisotopic (exact) mass is 401 g/mol. The number of rotatable bonds is 5. The molecule has 1 heterocycles. The average Bonchev–Trinajstić information content (AvgIpc) is 3.11. The van der Waals surface area contributed by atoms with E-state index < -0.39 is 5.82 Å². The fourth-order valence-corrected chi connectivity index (χ4v) is 2.80. The van der Waals surface area contributed by atoms with Crippen LogP contribution in [0.2, 0.25) is 5.02 Å². The van der Waals surface area contributed by atoms with Gasteiger partial charge in [-0.15, -0.1) is 0 Å². The maximum atomic E-state index is 13.8. The number of aromatic nitrogens is 2. The lowest BCUT2D eigenvalue weighted by Crippen LogP contribution is -2.25. The van der Waals surface area contributed by atoms with Crippen LogP contribution in [0.4, 0.5) is 4.39 Å². The lowest BCUT2D eigenvalue weighted by molar-refractivity contribution is -0.120. The molecule has 0 saturated heterocycles. The minimum atomic E-state index is -0.513. The van der Waals surface area contributed by atoms with Crippen LogP contribution in [-0.4, -0.2) is 16.0 Å². The zero-order valence-electron chi connectivity index (χ0n) is 15.9. The van der Waals surface area contributed by atoms with Crippen LogP contribution < -0.4 is 5.32 Å². The highest BCUT2D eigenvalue weighted by atomic mass is 35.5. The molecule has 0 saturated carbocycles. The normalized spacial score (nSPS) is 11.5. The van der Waals surface area contributed by atoms with Gasteiger partial charge >= 0.3 is 0 Å². The van der Waals surface area contributed by atoms with E-state index >= 15 is 0 Å². The van der Waals surface area contributed by atoms with Gasteiger partial charge in [0.15, 0.2) is 0 Å². The first-order valence-corrected chi connectivity index (χ1v) is 9.24. The van der Waals surface area contributed by atoms with Crippen LogP contribution >= 0.6 is 11.6 Å². The predicted octanol–water partition coefficient (Wildman–Crippen LogP) is 4.69. The molecule has 0 fully saturated rings. The van der Waals surface area contributed by atoms with Crippen molar-refractivity contribution in [2.24, 2.45) is 0 Å². The van der Waals surface area contributed by atoms with Crippen molar-refractivity contribution in [1.29, 1.82) is 0 Å². The largest absolute Gasteiger partial charge is 0.347 e. The summed E-state index contributed by atoms with van der Waals surface area (Å²) in [5, 5.41) is 6.89. The van der Waals surface area contributed by atoms with Gasteiger partial charge in [-0.3, -0.25) is 4.79 Å². The standard InChI is InChI=1S/C21H21ClFN3O2/c1-21(2,3)15-7-4-13(5-8-15)20-25-19(28-26-20)12-24-18(27)10-14-6-9-16(22)11-17(14)23/h4-9,11H,10,12H2,1-3H3,(H,24,27). The molecule has 0 aliphatic heterocycles. The topological polar surface area (TPSA) is 68.0 Å². The molecule has 5 nitrogen and oxygen atoms in total. The number of amides is 1. The van der Waals surface area contributed by atoms with Crippen molar-refractivity contribution < 1.29 is 13.7 Å². The molecule has 3 rings (SSSR count). The summed E-state index contributed by atoms with van der Waals surface area (Å²) in [6.07, 6.45) is -0.0989. The van der Waals surface area contributed by atoms with Gasteiger partial charge in [-0.2, -0.15) is 4.98 Å². The van der Waals surface area contributed by atoms with Gasteiger partial charge in [0.2, 0.25) is 17.6 Å². The quantitative estimate of drug-likeness (QED) is 0.673. The van der Waals surface area contributed by atoms with Crippen molar-refractivity contribution in [2.45, 2.75) is 39.2 Å². The Morgan fingerprint density at radius 2 is 1.89 bits per heavy atom. The van der Waals surface area contributed by atoms with Gasteiger partial charge in [0, 0.05) is 10.6 Å². The number of hydrogen-bond acceptors (Lipinski definition) is 4. The Bertz CT molecular complexity index is 978. The summed E-state index contributed by atoms with van der Waals surface area (Å²) in [4.78, 5) is 16.3. The Balaban J connectivity index is 1.59. The average molecular weight is 402 g/mol. The second kappa shape index (κ2) is 8.10. The molecule has 0 spiro atoms. The molecule has 2 aromatic carbocycles. The molecule has 0 bridgehead atoms. The lowest BCUT2D eigenvalue weighted by Gasteiger charge is -2.18. The Morgan fingerprint density at radius 1 is 1.18 bits per heavy atom. The second-order valence-electron chi connectivity index (χ2n) is 7.53. The molecule has 1 aromatic heterocycles. The Morgan fingerprint density at radius 3 is 2.54 bits per heavy atom. The van der Waals surface area contributed by atoms with Gasteiger partial charge in [-0.05, 0) is 28.7 Å². The zero-order chi connectivity index (χ0) is 20.3. The molecule has 3 aromatic rings. The number of benzene rings is 2. The summed E-state index contributed by atoms with van der Waals surface area (Å²) in [5.41, 5.74) is 2.38. The third-order valence-electron chi connectivity index (χ3n) is 4.28. The van der Waals surface area contributed by atoms with E-state index in [-0.39, 0.29) is 40.8 Å². The maximum absolute atomic E-state index is 13.8. The van der Waals surface area contributed by atoms with E-state index in [0.29, 0.717) is 5.82 Å². The van der Waals surface area contributed by atoms with E-state index in [1.165, 1.54) is 17.7 Å². The molecule has 7 heteroatoms. The van der Waals surface area contributed by atoms with Crippen LogP contribution in [0.3, 0.4) is 0 Å². The van der Waals surface area contributed by atoms with Crippen LogP contribution in [0.25, 0.3) is 11.4 Å². The highest BCUT2D eigenvalue weighted by Gasteiger charge is 2.15. The van der Waals surface area contributed by atoms with Gasteiger partial charge in [0.1, 0.15) is 5.82 Å². The first kappa shape index (κ1) is 20.0. The van der Waals surface area contributed by atoms with Crippen molar-refractivity contribution in [1.82, 2.24) is 15.5 Å². The number of hydrogen-bond donors (Lipinski definition) is 1. The molecular weight excluding hydrogens is 381 g/mol. The van der Waals surface area contributed by atoms with Crippen molar-refractivity contribution in [3.05, 3.63) is 70.3 Å². The molecule has 1 amide bonds. The molecule has 146 valence electrons. The summed E-state index contributed by atoms with van der Waals surface area (Å²) in [6, 6.07) is 12.2. The highest BCUT2D eigenvalue weighted by molar-refractivity contribution is 6.30. The van der Waals surface area contributed by atoms with Crippen LogP contribution in [0.15, 0.2) is 47.0 Å². The van der Waals surface area contributed by atoms with Crippen LogP contribution in [0.1, 0.15) is 37.8 Å². The summed E-state index contributed by atoms with van der Waals surface area (Å²) < 4.78 is 19.0. The molecular formula is C21H21ClFN3O2. The lowest BCUT2D eigenvalue weighted by atomic mass is 9.87. The number of nitrogens with one attached hydrogen (secondary N) is 1. The van der Waals surface area contributed by atoms with Crippen LogP contribution in [0.5, 0.6) is 0 Å². The molecule has 0 unspecified atom stereocenters. The van der Waals surface area contributed by atoms with Gasteiger partial charge in [-0.25, -0.2) is 4.39 Å². The van der Waals surface area contributed by atoms with E-state index in [2.05, 4.69) is 36.2 Å². The predicted molar refractivity (Wildman–Crippen MR) is 105 cm³/mol. The molecule has 1 N–H and O–H groups in total. The maximum Gasteiger partial charge on any atom is 0.246 e. The fourth-order valence-electron chi connectivity index (χ4n) is 2.64. The van der Waals surface area contributed by atoms with E-state index in [1.54, 1.807) is 6.07 Å². The van der Waals surface area contributed by atoms with E-state index in [9.17, 15) is 9.18 Å². The number of halogens is 2. The van der Waals surface area contributed by atoms with Gasteiger partial charge < -0.3 is 9.84 Å². The van der Waals surface area contributed by atoms with Gasteiger partial charge in [-0.1, -0.05) is 67.9 Å². The molecule has 28 heavy (non-hydrogen) atoms. The van der Waals surface area contributed by atoms with Crippen LogP contribution in [-0.2, 0) is 23.2 Å². The van der Waals surface area contributed by atoms with Crippen molar-refractivity contribution in [3.8, 4) is 11.4 Å². The minimum Gasteiger partial charge on any atom is -0.347 e. The molecule has 0 radical (unpaired) electrons. The van der Waals surface area contributed by atoms with E-state index in [1.807, 2.05) is 24.3 Å². The minimum absolute atomic E-state index is 0.0643. The molecule has 0 atom stereocenters. The SMILES string of the molecule is CC(C)(C)c1ccc(-c2noc(CNC(=O)Cc3ccc(Cl)cc3F)n2)cc1. The van der Waals surface area contributed by atoms with Crippen LogP contribution in [0, 0.1) is 5.82 Å². The fraction of sp³-hybridized carbons (Fsp3) is 0.286. The third kappa shape index (κ3) is 4.95. The smallest absolute Gasteiger partial charge is 0.246 e. The Kier molecular flexibility index (Phi) is 5.79. The van der Waals surface area contributed by atoms with Gasteiger partial charge in [0.25, 0.3) is 0 Å². The summed E-state index contributed by atoms with van der Waals surface area (Å²) >= 11 is 5.71. The van der Waals surface area contributed by atoms with Crippen molar-refractivity contribution in [3.63, 3.8) is 0 Å². The van der Waals surface area contributed by atoms with E-state index in [0.717, 1.165) is 5.56 Å². The molecule has 0 aliphatic rings. The first-order valence-electron chi connectivity index (χ1n) is 8.86. The van der Waals surface area contributed by atoms with E-state index in [4.69, 9.17) is 16.1 Å². The summed E-state index contributed by atoms with van der Waals surface area (Å²) in [7, 11) is 0. The van der Waals surface area contributed by atoms with Crippen molar-refractivity contribution in [2.75, 3.05) is 0 Å². The van der Waals surface area contributed by atoms with Gasteiger partial charge in [0.05, 0.1) is 13.0 Å². The van der Waals surface area contributed by atoms with Crippen molar-refractivity contribution >= 4 is 17.5 Å². The zero-order valence-corrected chi connectivity index (χ0v) is 16.7. The first-order chi connectivity index (χ1) is 13.2. The summed E-state index contributed by atoms with van der Waals surface area (Å²) in [5.74, 6) is -0.134.